The topological polar surface area (TPSA) is 12.0 Å². The molecule has 0 aliphatic heterocycles. The molecule has 0 heterocycles. The summed E-state index contributed by atoms with van der Waals surface area (Å²) in [4.78, 5) is 0. The van der Waals surface area contributed by atoms with Gasteiger partial charge in [-0.25, -0.2) is 4.39 Å². The van der Waals surface area contributed by atoms with E-state index in [1.54, 1.807) is 12.1 Å². The van der Waals surface area contributed by atoms with Crippen molar-refractivity contribution in [3.63, 3.8) is 0 Å². The average molecular weight is 265 g/mol. The molecule has 0 radical (unpaired) electrons. The third kappa shape index (κ3) is 4.94. The van der Waals surface area contributed by atoms with Crippen LogP contribution in [0, 0.1) is 19.7 Å². The van der Waals surface area contributed by atoms with Crippen molar-refractivity contribution in [3.05, 3.63) is 34.6 Å². The smallest absolute Gasteiger partial charge is 0.123 e. The number of nitrogens with one attached hydrogen (secondary N) is 1. The van der Waals surface area contributed by atoms with Gasteiger partial charge >= 0.3 is 0 Å². The second kappa shape index (κ2) is 8.31. The molecule has 1 nitrogen and oxygen atoms in total. The average Bonchev–Trinajstić information content (AvgIpc) is 2.33. The third-order valence-corrected chi connectivity index (χ3v) is 3.70. The molecule has 1 aromatic carbocycles. The highest BCUT2D eigenvalue weighted by atomic mass is 19.1. The predicted molar refractivity (Wildman–Crippen MR) is 81.1 cm³/mol. The Morgan fingerprint density at radius 1 is 1.05 bits per heavy atom. The van der Waals surface area contributed by atoms with Crippen molar-refractivity contribution in [2.24, 2.45) is 0 Å². The molecule has 1 unspecified atom stereocenters. The van der Waals surface area contributed by atoms with Crippen LogP contribution in [0.25, 0.3) is 0 Å². The molecular formula is C17H28FN. The molecule has 19 heavy (non-hydrogen) atoms. The van der Waals surface area contributed by atoms with Crippen molar-refractivity contribution in [2.75, 3.05) is 6.54 Å². The summed E-state index contributed by atoms with van der Waals surface area (Å²) in [6.07, 6.45) is 6.24. The highest BCUT2D eigenvalue weighted by molar-refractivity contribution is 5.36. The quantitative estimate of drug-likeness (QED) is 0.647. The molecule has 0 bridgehead atoms. The predicted octanol–water partition coefficient (Wildman–Crippen LogP) is 5.06. The monoisotopic (exact) mass is 265 g/mol. The Labute approximate surface area is 117 Å². The van der Waals surface area contributed by atoms with Gasteiger partial charge in [0.1, 0.15) is 5.82 Å². The van der Waals surface area contributed by atoms with Crippen LogP contribution < -0.4 is 5.32 Å². The van der Waals surface area contributed by atoms with Gasteiger partial charge in [0.2, 0.25) is 0 Å². The number of hydrogen-bond donors (Lipinski definition) is 1. The van der Waals surface area contributed by atoms with Crippen molar-refractivity contribution in [1.29, 1.82) is 0 Å². The molecule has 1 aromatic rings. The normalized spacial score (nSPS) is 12.7. The zero-order chi connectivity index (χ0) is 14.3. The van der Waals surface area contributed by atoms with E-state index in [1.165, 1.54) is 31.2 Å². The summed E-state index contributed by atoms with van der Waals surface area (Å²) in [5.74, 6) is -0.125. The van der Waals surface area contributed by atoms with E-state index < -0.39 is 0 Å². The number of benzene rings is 1. The van der Waals surface area contributed by atoms with Crippen LogP contribution >= 0.6 is 0 Å². The number of rotatable bonds is 8. The number of unbranched alkanes of at least 4 members (excludes halogenated alkanes) is 3. The van der Waals surface area contributed by atoms with Crippen molar-refractivity contribution < 1.29 is 4.39 Å². The fraction of sp³-hybridized carbons (Fsp3) is 0.647. The summed E-state index contributed by atoms with van der Waals surface area (Å²) >= 11 is 0. The lowest BCUT2D eigenvalue weighted by Crippen LogP contribution is -2.22. The molecular weight excluding hydrogens is 237 g/mol. The van der Waals surface area contributed by atoms with Crippen LogP contribution in [0.3, 0.4) is 0 Å². The minimum Gasteiger partial charge on any atom is -0.310 e. The molecule has 0 aliphatic carbocycles. The van der Waals surface area contributed by atoms with Gasteiger partial charge in [0.25, 0.3) is 0 Å². The maximum absolute atomic E-state index is 13.4. The fourth-order valence-electron chi connectivity index (χ4n) is 2.84. The first-order valence-electron chi connectivity index (χ1n) is 7.60. The number of hydrogen-bond acceptors (Lipinski definition) is 1. The lowest BCUT2D eigenvalue weighted by Gasteiger charge is -2.22. The standard InChI is InChI=1S/C17H28FN/c1-5-7-8-9-10-16(19-6-2)17-13(3)11-15(18)12-14(17)4/h11-12,16,19H,5-10H2,1-4H3. The minimum atomic E-state index is -0.125. The molecule has 0 spiro atoms. The van der Waals surface area contributed by atoms with E-state index in [4.69, 9.17) is 0 Å². The lowest BCUT2D eigenvalue weighted by atomic mass is 9.92. The summed E-state index contributed by atoms with van der Waals surface area (Å²) in [5, 5.41) is 3.55. The van der Waals surface area contributed by atoms with Gasteiger partial charge < -0.3 is 5.32 Å². The largest absolute Gasteiger partial charge is 0.310 e. The second-order valence-electron chi connectivity index (χ2n) is 5.41. The summed E-state index contributed by atoms with van der Waals surface area (Å²) in [6.45, 7) is 9.35. The molecule has 0 fully saturated rings. The van der Waals surface area contributed by atoms with E-state index in [0.29, 0.717) is 6.04 Å². The molecule has 1 rings (SSSR count). The fourth-order valence-corrected chi connectivity index (χ4v) is 2.84. The number of aryl methyl sites for hydroxylation is 2. The van der Waals surface area contributed by atoms with Gasteiger partial charge in [-0.2, -0.15) is 0 Å². The van der Waals surface area contributed by atoms with Crippen LogP contribution in [0.5, 0.6) is 0 Å². The lowest BCUT2D eigenvalue weighted by molar-refractivity contribution is 0.477. The van der Waals surface area contributed by atoms with Gasteiger partial charge in [0, 0.05) is 6.04 Å². The molecule has 0 aromatic heterocycles. The van der Waals surface area contributed by atoms with E-state index >= 15 is 0 Å². The molecule has 1 N–H and O–H groups in total. The van der Waals surface area contributed by atoms with E-state index in [2.05, 4.69) is 19.2 Å². The summed E-state index contributed by atoms with van der Waals surface area (Å²) in [6, 6.07) is 3.67. The van der Waals surface area contributed by atoms with Crippen molar-refractivity contribution >= 4 is 0 Å². The van der Waals surface area contributed by atoms with Gasteiger partial charge in [0.05, 0.1) is 0 Å². The molecule has 2 heteroatoms. The molecule has 0 saturated carbocycles. The van der Waals surface area contributed by atoms with Crippen LogP contribution in [-0.4, -0.2) is 6.54 Å². The summed E-state index contributed by atoms with van der Waals surface area (Å²) < 4.78 is 13.4. The first-order chi connectivity index (χ1) is 9.10. The van der Waals surface area contributed by atoms with E-state index in [9.17, 15) is 4.39 Å². The Bertz CT molecular complexity index is 364. The maximum atomic E-state index is 13.4. The highest BCUT2D eigenvalue weighted by Gasteiger charge is 2.15. The summed E-state index contributed by atoms with van der Waals surface area (Å²) in [5.41, 5.74) is 3.43. The first kappa shape index (κ1) is 16.2. The van der Waals surface area contributed by atoms with Crippen LogP contribution in [0.4, 0.5) is 4.39 Å². The Kier molecular flexibility index (Phi) is 7.07. The SMILES string of the molecule is CCCCCCC(NCC)c1c(C)cc(F)cc1C. The Balaban J connectivity index is 2.80. The van der Waals surface area contributed by atoms with Crippen LogP contribution in [0.2, 0.25) is 0 Å². The second-order valence-corrected chi connectivity index (χ2v) is 5.41. The highest BCUT2D eigenvalue weighted by Crippen LogP contribution is 2.27. The van der Waals surface area contributed by atoms with Crippen LogP contribution in [0.15, 0.2) is 12.1 Å². The Morgan fingerprint density at radius 2 is 1.68 bits per heavy atom. The molecule has 108 valence electrons. The van der Waals surface area contributed by atoms with E-state index in [-0.39, 0.29) is 5.82 Å². The van der Waals surface area contributed by atoms with Gasteiger partial charge in [-0.3, -0.25) is 0 Å². The zero-order valence-corrected chi connectivity index (χ0v) is 12.9. The molecule has 0 saturated heterocycles. The van der Waals surface area contributed by atoms with Gasteiger partial charge in [0.15, 0.2) is 0 Å². The molecule has 0 aliphatic rings. The van der Waals surface area contributed by atoms with Crippen molar-refractivity contribution in [3.8, 4) is 0 Å². The third-order valence-electron chi connectivity index (χ3n) is 3.70. The molecule has 1 atom stereocenters. The van der Waals surface area contributed by atoms with Gasteiger partial charge in [-0.15, -0.1) is 0 Å². The first-order valence-corrected chi connectivity index (χ1v) is 7.60. The minimum absolute atomic E-state index is 0.125. The van der Waals surface area contributed by atoms with E-state index in [0.717, 1.165) is 24.1 Å². The summed E-state index contributed by atoms with van der Waals surface area (Å²) in [7, 11) is 0. The Hall–Kier alpha value is -0.890. The number of halogens is 1. The van der Waals surface area contributed by atoms with Gasteiger partial charge in [-0.05, 0) is 55.6 Å². The van der Waals surface area contributed by atoms with Crippen LogP contribution in [-0.2, 0) is 0 Å². The van der Waals surface area contributed by atoms with Crippen LogP contribution in [0.1, 0.15) is 68.7 Å². The van der Waals surface area contributed by atoms with E-state index in [1.807, 2.05) is 13.8 Å². The maximum Gasteiger partial charge on any atom is 0.123 e. The molecule has 0 amide bonds. The van der Waals surface area contributed by atoms with Crippen molar-refractivity contribution in [2.45, 2.75) is 65.8 Å². The van der Waals surface area contributed by atoms with Crippen molar-refractivity contribution in [1.82, 2.24) is 5.32 Å². The zero-order valence-electron chi connectivity index (χ0n) is 12.9. The Morgan fingerprint density at radius 3 is 2.21 bits per heavy atom. The van der Waals surface area contributed by atoms with Gasteiger partial charge in [-0.1, -0.05) is 39.5 Å².